The van der Waals surface area contributed by atoms with Crippen LogP contribution in [0.3, 0.4) is 0 Å². The summed E-state index contributed by atoms with van der Waals surface area (Å²) in [5, 5.41) is 20.8. The zero-order valence-corrected chi connectivity index (χ0v) is 16.6. The van der Waals surface area contributed by atoms with Crippen molar-refractivity contribution in [3.63, 3.8) is 0 Å². The van der Waals surface area contributed by atoms with Crippen LogP contribution in [0, 0.1) is 5.92 Å². The van der Waals surface area contributed by atoms with Gasteiger partial charge >= 0.3 is 0 Å². The van der Waals surface area contributed by atoms with Gasteiger partial charge in [0.15, 0.2) is 0 Å². The molecule has 3 N–H and O–H groups in total. The van der Waals surface area contributed by atoms with Crippen LogP contribution in [-0.2, 0) is 23.0 Å². The van der Waals surface area contributed by atoms with E-state index in [4.69, 9.17) is 0 Å². The molecule has 0 aliphatic carbocycles. The third-order valence-corrected chi connectivity index (χ3v) is 5.62. The fourth-order valence-electron chi connectivity index (χ4n) is 2.85. The highest BCUT2D eigenvalue weighted by Gasteiger charge is 2.19. The number of hydroxylamine groups is 2. The van der Waals surface area contributed by atoms with E-state index in [9.17, 15) is 18.7 Å². The number of nitrogens with one attached hydrogen (secondary N) is 1. The molecule has 0 aliphatic heterocycles. The molecule has 0 unspecified atom stereocenters. The van der Waals surface area contributed by atoms with Crippen LogP contribution in [-0.4, -0.2) is 36.9 Å². The molecule has 0 saturated carbocycles. The Morgan fingerprint density at radius 2 is 1.81 bits per heavy atom. The summed E-state index contributed by atoms with van der Waals surface area (Å²) in [6.07, 6.45) is 1.03. The average Bonchev–Trinajstić information content (AvgIpc) is 2.59. The van der Waals surface area contributed by atoms with Gasteiger partial charge in [0.05, 0.1) is 4.90 Å². The Morgan fingerprint density at radius 3 is 2.48 bits per heavy atom. The number of sulfonamides is 1. The van der Waals surface area contributed by atoms with Crippen molar-refractivity contribution in [2.24, 2.45) is 5.92 Å². The normalized spacial score (nSPS) is 12.0. The molecule has 0 bridgehead atoms. The molecule has 0 heterocycles. The molecule has 0 spiro atoms. The standard InChI is InChI=1S/C20H28N2O4S/c1-16(2)13-18-14-19(23)9-10-20(18)27(25,26)21-11-6-12-22(24)15-17-7-4-3-5-8-17/h3-5,7-10,14,16,21,23-24H,6,11-13,15H2,1-2H3. The van der Waals surface area contributed by atoms with Crippen LogP contribution in [0.25, 0.3) is 0 Å². The van der Waals surface area contributed by atoms with Crippen molar-refractivity contribution >= 4 is 10.0 Å². The molecular weight excluding hydrogens is 364 g/mol. The molecular formula is C20H28N2O4S. The molecule has 148 valence electrons. The second kappa shape index (κ2) is 9.85. The second-order valence-electron chi connectivity index (χ2n) is 7.02. The van der Waals surface area contributed by atoms with Crippen molar-refractivity contribution in [3.8, 4) is 5.75 Å². The van der Waals surface area contributed by atoms with Crippen molar-refractivity contribution in [1.82, 2.24) is 9.79 Å². The number of hydrogen-bond acceptors (Lipinski definition) is 5. The van der Waals surface area contributed by atoms with E-state index in [1.165, 1.54) is 23.3 Å². The van der Waals surface area contributed by atoms with Crippen LogP contribution in [0.15, 0.2) is 53.4 Å². The van der Waals surface area contributed by atoms with Crippen molar-refractivity contribution < 1.29 is 18.7 Å². The highest BCUT2D eigenvalue weighted by molar-refractivity contribution is 7.89. The van der Waals surface area contributed by atoms with Crippen LogP contribution in [0.5, 0.6) is 5.75 Å². The number of phenols is 1. The Hall–Kier alpha value is -1.93. The molecule has 0 radical (unpaired) electrons. The highest BCUT2D eigenvalue weighted by atomic mass is 32.2. The lowest BCUT2D eigenvalue weighted by atomic mass is 10.0. The van der Waals surface area contributed by atoms with E-state index in [0.29, 0.717) is 31.5 Å². The van der Waals surface area contributed by atoms with Crippen molar-refractivity contribution in [2.75, 3.05) is 13.1 Å². The summed E-state index contributed by atoms with van der Waals surface area (Å²) < 4.78 is 27.8. The Bertz CT molecular complexity index is 823. The summed E-state index contributed by atoms with van der Waals surface area (Å²) in [6, 6.07) is 13.9. The summed E-state index contributed by atoms with van der Waals surface area (Å²) in [6.45, 7) is 4.96. The van der Waals surface area contributed by atoms with Gasteiger partial charge in [0.25, 0.3) is 0 Å². The first-order chi connectivity index (χ1) is 12.8. The Balaban J connectivity index is 1.89. The number of aromatic hydroxyl groups is 1. The third-order valence-electron chi connectivity index (χ3n) is 4.05. The summed E-state index contributed by atoms with van der Waals surface area (Å²) in [4.78, 5) is 0.194. The van der Waals surface area contributed by atoms with Crippen molar-refractivity contribution in [1.29, 1.82) is 0 Å². The average molecular weight is 393 g/mol. The first-order valence-electron chi connectivity index (χ1n) is 9.07. The van der Waals surface area contributed by atoms with E-state index < -0.39 is 10.0 Å². The first-order valence-corrected chi connectivity index (χ1v) is 10.6. The van der Waals surface area contributed by atoms with E-state index in [2.05, 4.69) is 4.72 Å². The SMILES string of the molecule is CC(C)Cc1cc(O)ccc1S(=O)(=O)NCCCN(O)Cc1ccccc1. The molecule has 0 saturated heterocycles. The van der Waals surface area contributed by atoms with E-state index in [0.717, 1.165) is 5.56 Å². The zero-order chi connectivity index (χ0) is 19.9. The maximum atomic E-state index is 12.6. The fraction of sp³-hybridized carbons (Fsp3) is 0.400. The highest BCUT2D eigenvalue weighted by Crippen LogP contribution is 2.23. The maximum absolute atomic E-state index is 12.6. The minimum atomic E-state index is -3.67. The number of benzene rings is 2. The third kappa shape index (κ3) is 6.95. The molecule has 0 aliphatic rings. The van der Waals surface area contributed by atoms with Gasteiger partial charge in [0.1, 0.15) is 5.75 Å². The maximum Gasteiger partial charge on any atom is 0.240 e. The van der Waals surface area contributed by atoms with Gasteiger partial charge in [-0.1, -0.05) is 44.2 Å². The van der Waals surface area contributed by atoms with Crippen LogP contribution >= 0.6 is 0 Å². The monoisotopic (exact) mass is 392 g/mol. The molecule has 2 rings (SSSR count). The molecule has 27 heavy (non-hydrogen) atoms. The Kier molecular flexibility index (Phi) is 7.79. The van der Waals surface area contributed by atoms with Crippen LogP contribution < -0.4 is 4.72 Å². The molecule has 7 heteroatoms. The van der Waals surface area contributed by atoms with Crippen molar-refractivity contribution in [3.05, 3.63) is 59.7 Å². The summed E-state index contributed by atoms with van der Waals surface area (Å²) in [5.74, 6) is 0.322. The van der Waals surface area contributed by atoms with E-state index in [1.54, 1.807) is 0 Å². The minimum absolute atomic E-state index is 0.0569. The van der Waals surface area contributed by atoms with Gasteiger partial charge in [-0.15, -0.1) is 0 Å². The largest absolute Gasteiger partial charge is 0.508 e. The van der Waals surface area contributed by atoms with Crippen LogP contribution in [0.4, 0.5) is 0 Å². The number of phenolic OH excluding ortho intramolecular Hbond substituents is 1. The lowest BCUT2D eigenvalue weighted by Gasteiger charge is -2.16. The minimum Gasteiger partial charge on any atom is -0.508 e. The molecule has 2 aromatic carbocycles. The topological polar surface area (TPSA) is 89.9 Å². The van der Waals surface area contributed by atoms with Gasteiger partial charge in [-0.25, -0.2) is 13.1 Å². The predicted molar refractivity (Wildman–Crippen MR) is 105 cm³/mol. The quantitative estimate of drug-likeness (QED) is 0.427. The first kappa shape index (κ1) is 21.4. The van der Waals surface area contributed by atoms with Gasteiger partial charge in [-0.2, -0.15) is 5.06 Å². The van der Waals surface area contributed by atoms with Gasteiger partial charge < -0.3 is 10.3 Å². The smallest absolute Gasteiger partial charge is 0.240 e. The molecule has 0 amide bonds. The van der Waals surface area contributed by atoms with Gasteiger partial charge in [0.2, 0.25) is 10.0 Å². The second-order valence-corrected chi connectivity index (χ2v) is 8.75. The zero-order valence-electron chi connectivity index (χ0n) is 15.8. The van der Waals surface area contributed by atoms with E-state index in [1.807, 2.05) is 44.2 Å². The molecule has 2 aromatic rings. The summed E-state index contributed by atoms with van der Waals surface area (Å²) in [5.41, 5.74) is 1.59. The molecule has 0 atom stereocenters. The van der Waals surface area contributed by atoms with Gasteiger partial charge in [0, 0.05) is 19.6 Å². The van der Waals surface area contributed by atoms with Crippen LogP contribution in [0.1, 0.15) is 31.4 Å². The number of rotatable bonds is 10. The lowest BCUT2D eigenvalue weighted by molar-refractivity contribution is -0.0994. The predicted octanol–water partition coefficient (Wildman–Crippen LogP) is 3.15. The fourth-order valence-corrected chi connectivity index (χ4v) is 4.15. The van der Waals surface area contributed by atoms with Crippen molar-refractivity contribution in [2.45, 2.75) is 38.1 Å². The molecule has 0 fully saturated rings. The molecule has 0 aromatic heterocycles. The molecule has 6 nitrogen and oxygen atoms in total. The van der Waals surface area contributed by atoms with Gasteiger partial charge in [-0.3, -0.25) is 0 Å². The van der Waals surface area contributed by atoms with Crippen LogP contribution in [0.2, 0.25) is 0 Å². The van der Waals surface area contributed by atoms with Gasteiger partial charge in [-0.05, 0) is 48.1 Å². The summed E-state index contributed by atoms with van der Waals surface area (Å²) >= 11 is 0. The van der Waals surface area contributed by atoms with E-state index in [-0.39, 0.29) is 23.1 Å². The number of nitrogens with zero attached hydrogens (tertiary/aromatic N) is 1. The lowest BCUT2D eigenvalue weighted by Crippen LogP contribution is -2.29. The summed E-state index contributed by atoms with van der Waals surface area (Å²) in [7, 11) is -3.67. The number of hydrogen-bond donors (Lipinski definition) is 3. The van der Waals surface area contributed by atoms with E-state index >= 15 is 0 Å². The Labute approximate surface area is 161 Å². The Morgan fingerprint density at radius 1 is 1.11 bits per heavy atom.